The van der Waals surface area contributed by atoms with E-state index in [0.717, 1.165) is 30.7 Å². The van der Waals surface area contributed by atoms with E-state index in [0.29, 0.717) is 5.75 Å². The number of carbonyl (C=O) groups excluding carboxylic acids is 1. The van der Waals surface area contributed by atoms with Crippen LogP contribution in [0.1, 0.15) is 12.8 Å². The van der Waals surface area contributed by atoms with Crippen LogP contribution in [0.15, 0.2) is 22.9 Å². The number of halogens is 1. The number of ether oxygens (including phenoxy) is 1. The molecule has 0 saturated carbocycles. The van der Waals surface area contributed by atoms with E-state index in [1.165, 1.54) is 12.8 Å². The summed E-state index contributed by atoms with van der Waals surface area (Å²) < 4.78 is 6.28. The lowest BCUT2D eigenvalue weighted by Crippen LogP contribution is -2.37. The number of pyridine rings is 1. The second-order valence-electron chi connectivity index (χ2n) is 4.99. The number of likely N-dealkylation sites (N-methyl/N-ethyl adjacent to an activating group) is 1. The van der Waals surface area contributed by atoms with E-state index < -0.39 is 0 Å². The smallest absolute Gasteiger partial charge is 0.260 e. The van der Waals surface area contributed by atoms with Gasteiger partial charge in [-0.1, -0.05) is 0 Å². The molecular formula is C14H20BrN3O2. The highest BCUT2D eigenvalue weighted by Gasteiger charge is 2.14. The first-order valence-corrected chi connectivity index (χ1v) is 7.64. The zero-order chi connectivity index (χ0) is 14.4. The standard InChI is InChI=1S/C14H20BrN3O2/c1-17(6-7-18-4-2-3-5-18)14(19)11-20-13-8-12(15)9-16-10-13/h8-10H,2-7,11H2,1H3. The number of aromatic nitrogens is 1. The van der Waals surface area contributed by atoms with Crippen LogP contribution < -0.4 is 4.74 Å². The van der Waals surface area contributed by atoms with Gasteiger partial charge in [0, 0.05) is 30.8 Å². The Morgan fingerprint density at radius 1 is 1.45 bits per heavy atom. The molecule has 2 rings (SSSR count). The van der Waals surface area contributed by atoms with Crippen molar-refractivity contribution in [1.82, 2.24) is 14.8 Å². The van der Waals surface area contributed by atoms with Crippen LogP contribution in [0.5, 0.6) is 5.75 Å². The summed E-state index contributed by atoms with van der Waals surface area (Å²) in [7, 11) is 1.82. The topological polar surface area (TPSA) is 45.7 Å². The largest absolute Gasteiger partial charge is 0.482 e. The Kier molecular flexibility index (Phi) is 5.79. The van der Waals surface area contributed by atoms with Crippen molar-refractivity contribution >= 4 is 21.8 Å². The molecule has 0 radical (unpaired) electrons. The van der Waals surface area contributed by atoms with E-state index in [1.54, 1.807) is 23.4 Å². The quantitative estimate of drug-likeness (QED) is 0.791. The molecule has 1 fully saturated rings. The summed E-state index contributed by atoms with van der Waals surface area (Å²) in [5, 5.41) is 0. The van der Waals surface area contributed by atoms with Gasteiger partial charge in [0.1, 0.15) is 5.75 Å². The first-order chi connectivity index (χ1) is 9.65. The lowest BCUT2D eigenvalue weighted by molar-refractivity contribution is -0.132. The molecule has 1 aromatic rings. The van der Waals surface area contributed by atoms with Gasteiger partial charge >= 0.3 is 0 Å². The third-order valence-corrected chi connectivity index (χ3v) is 3.85. The molecule has 0 spiro atoms. The van der Waals surface area contributed by atoms with Crippen molar-refractivity contribution in [2.45, 2.75) is 12.8 Å². The molecule has 1 aromatic heterocycles. The lowest BCUT2D eigenvalue weighted by Gasteiger charge is -2.21. The van der Waals surface area contributed by atoms with E-state index in [4.69, 9.17) is 4.74 Å². The monoisotopic (exact) mass is 341 g/mol. The molecule has 0 aliphatic carbocycles. The van der Waals surface area contributed by atoms with Crippen LogP contribution in [-0.2, 0) is 4.79 Å². The van der Waals surface area contributed by atoms with Crippen LogP contribution in [0.3, 0.4) is 0 Å². The highest BCUT2D eigenvalue weighted by atomic mass is 79.9. The second-order valence-corrected chi connectivity index (χ2v) is 5.91. The van der Waals surface area contributed by atoms with Gasteiger partial charge in [0.15, 0.2) is 6.61 Å². The normalized spacial score (nSPS) is 15.3. The van der Waals surface area contributed by atoms with Gasteiger partial charge in [0.25, 0.3) is 5.91 Å². The van der Waals surface area contributed by atoms with E-state index in [2.05, 4.69) is 25.8 Å². The highest BCUT2D eigenvalue weighted by Crippen LogP contribution is 2.15. The number of likely N-dealkylation sites (tertiary alicyclic amines) is 1. The minimum Gasteiger partial charge on any atom is -0.482 e. The van der Waals surface area contributed by atoms with Gasteiger partial charge in [0.2, 0.25) is 0 Å². The maximum absolute atomic E-state index is 12.0. The molecule has 2 heterocycles. The fraction of sp³-hybridized carbons (Fsp3) is 0.571. The molecule has 6 heteroatoms. The van der Waals surface area contributed by atoms with E-state index in [1.807, 2.05) is 7.05 Å². The number of nitrogens with zero attached hydrogens (tertiary/aromatic N) is 3. The van der Waals surface area contributed by atoms with Gasteiger partial charge in [0.05, 0.1) is 6.20 Å². The van der Waals surface area contributed by atoms with Crippen molar-refractivity contribution in [2.24, 2.45) is 0 Å². The fourth-order valence-corrected chi connectivity index (χ4v) is 2.49. The Balaban J connectivity index is 1.70. The predicted molar refractivity (Wildman–Crippen MR) is 80.7 cm³/mol. The zero-order valence-corrected chi connectivity index (χ0v) is 13.3. The molecule has 0 atom stereocenters. The van der Waals surface area contributed by atoms with Crippen molar-refractivity contribution in [3.8, 4) is 5.75 Å². The number of hydrogen-bond acceptors (Lipinski definition) is 4. The second kappa shape index (κ2) is 7.59. The zero-order valence-electron chi connectivity index (χ0n) is 11.7. The minimum absolute atomic E-state index is 0.0100. The van der Waals surface area contributed by atoms with Crippen molar-refractivity contribution < 1.29 is 9.53 Å². The predicted octanol–water partition coefficient (Wildman–Crippen LogP) is 1.78. The SMILES string of the molecule is CN(CCN1CCCC1)C(=O)COc1cncc(Br)c1. The molecule has 0 N–H and O–H groups in total. The average molecular weight is 342 g/mol. The van der Waals surface area contributed by atoms with Crippen LogP contribution in [0.25, 0.3) is 0 Å². The van der Waals surface area contributed by atoms with Gasteiger partial charge in [-0.05, 0) is 47.9 Å². The van der Waals surface area contributed by atoms with Crippen LogP contribution in [-0.4, -0.2) is 60.5 Å². The summed E-state index contributed by atoms with van der Waals surface area (Å²) in [6, 6.07) is 1.80. The third kappa shape index (κ3) is 4.76. The van der Waals surface area contributed by atoms with Crippen molar-refractivity contribution in [2.75, 3.05) is 39.8 Å². The van der Waals surface area contributed by atoms with Crippen LogP contribution in [0.2, 0.25) is 0 Å². The molecule has 0 bridgehead atoms. The fourth-order valence-electron chi connectivity index (χ4n) is 2.15. The Morgan fingerprint density at radius 3 is 2.90 bits per heavy atom. The lowest BCUT2D eigenvalue weighted by atomic mass is 10.4. The summed E-state index contributed by atoms with van der Waals surface area (Å²) >= 11 is 3.32. The number of rotatable bonds is 6. The molecule has 0 aromatic carbocycles. The van der Waals surface area contributed by atoms with Gasteiger partial charge in [-0.15, -0.1) is 0 Å². The summed E-state index contributed by atoms with van der Waals surface area (Å²) in [6.45, 7) is 4.05. The van der Waals surface area contributed by atoms with Gasteiger partial charge in [-0.3, -0.25) is 9.78 Å². The third-order valence-electron chi connectivity index (χ3n) is 3.42. The van der Waals surface area contributed by atoms with Crippen LogP contribution >= 0.6 is 15.9 Å². The number of carbonyl (C=O) groups is 1. The molecule has 1 aliphatic rings. The molecule has 1 saturated heterocycles. The number of amides is 1. The molecular weight excluding hydrogens is 322 g/mol. The first-order valence-electron chi connectivity index (χ1n) is 6.85. The van der Waals surface area contributed by atoms with Gasteiger partial charge < -0.3 is 14.5 Å². The Morgan fingerprint density at radius 2 is 2.20 bits per heavy atom. The average Bonchev–Trinajstić information content (AvgIpc) is 2.95. The molecule has 5 nitrogen and oxygen atoms in total. The maximum atomic E-state index is 12.0. The van der Waals surface area contributed by atoms with E-state index in [9.17, 15) is 4.79 Å². The van der Waals surface area contributed by atoms with E-state index in [-0.39, 0.29) is 12.5 Å². The molecule has 1 amide bonds. The van der Waals surface area contributed by atoms with Crippen molar-refractivity contribution in [3.05, 3.63) is 22.9 Å². The van der Waals surface area contributed by atoms with Gasteiger partial charge in [-0.25, -0.2) is 0 Å². The highest BCUT2D eigenvalue weighted by molar-refractivity contribution is 9.10. The first kappa shape index (κ1) is 15.3. The molecule has 0 unspecified atom stereocenters. The summed E-state index contributed by atoms with van der Waals surface area (Å²) in [4.78, 5) is 20.1. The van der Waals surface area contributed by atoms with Crippen LogP contribution in [0.4, 0.5) is 0 Å². The Labute approximate surface area is 128 Å². The number of hydrogen-bond donors (Lipinski definition) is 0. The minimum atomic E-state index is -0.0100. The van der Waals surface area contributed by atoms with Crippen LogP contribution in [0, 0.1) is 0 Å². The molecule has 110 valence electrons. The summed E-state index contributed by atoms with van der Waals surface area (Å²) in [5.41, 5.74) is 0. The van der Waals surface area contributed by atoms with Crippen molar-refractivity contribution in [3.63, 3.8) is 0 Å². The molecule has 1 aliphatic heterocycles. The van der Waals surface area contributed by atoms with Crippen molar-refractivity contribution in [1.29, 1.82) is 0 Å². The molecule has 20 heavy (non-hydrogen) atoms. The summed E-state index contributed by atoms with van der Waals surface area (Å²) in [5.74, 6) is 0.588. The van der Waals surface area contributed by atoms with E-state index >= 15 is 0 Å². The maximum Gasteiger partial charge on any atom is 0.260 e. The Hall–Kier alpha value is -1.14. The summed E-state index contributed by atoms with van der Waals surface area (Å²) in [6.07, 6.45) is 5.83. The van der Waals surface area contributed by atoms with Gasteiger partial charge in [-0.2, -0.15) is 0 Å². The Bertz CT molecular complexity index is 450.